The van der Waals surface area contributed by atoms with Crippen molar-refractivity contribution < 1.29 is 9.84 Å². The Bertz CT molecular complexity index is 362. The molecule has 3 nitrogen and oxygen atoms in total. The average Bonchev–Trinajstić information content (AvgIpc) is 2.36. The summed E-state index contributed by atoms with van der Waals surface area (Å²) in [6.07, 6.45) is 0.918. The molecule has 0 aliphatic rings. The number of aryl methyl sites for hydroxylation is 1. The number of hydrogen-bond donors (Lipinski definition) is 2. The molecule has 0 spiro atoms. The minimum absolute atomic E-state index is 0.164. The Morgan fingerprint density at radius 1 is 1.39 bits per heavy atom. The van der Waals surface area contributed by atoms with Gasteiger partial charge in [0.05, 0.1) is 6.61 Å². The van der Waals surface area contributed by atoms with Gasteiger partial charge in [-0.1, -0.05) is 13.0 Å². The first kappa shape index (κ1) is 15.0. The van der Waals surface area contributed by atoms with Gasteiger partial charge in [-0.3, -0.25) is 0 Å². The Hall–Kier alpha value is -1.06. The molecule has 0 bridgehead atoms. The summed E-state index contributed by atoms with van der Waals surface area (Å²) in [5, 5.41) is 9.21. The van der Waals surface area contributed by atoms with Crippen LogP contribution in [0.2, 0.25) is 0 Å². The second kappa shape index (κ2) is 7.39. The molecule has 0 aliphatic heterocycles. The molecule has 102 valence electrons. The van der Waals surface area contributed by atoms with E-state index in [9.17, 15) is 5.11 Å². The number of aliphatic hydroxyl groups excluding tert-OH is 1. The third kappa shape index (κ3) is 4.00. The van der Waals surface area contributed by atoms with E-state index in [2.05, 4.69) is 26.0 Å². The van der Waals surface area contributed by atoms with E-state index < -0.39 is 0 Å². The van der Waals surface area contributed by atoms with Crippen molar-refractivity contribution in [2.24, 2.45) is 11.7 Å². The topological polar surface area (TPSA) is 55.5 Å². The normalized spacial score (nSPS) is 14.3. The molecule has 0 amide bonds. The summed E-state index contributed by atoms with van der Waals surface area (Å²) in [6, 6.07) is 6.21. The van der Waals surface area contributed by atoms with Crippen LogP contribution >= 0.6 is 0 Å². The summed E-state index contributed by atoms with van der Waals surface area (Å²) in [5.41, 5.74) is 8.18. The summed E-state index contributed by atoms with van der Waals surface area (Å²) >= 11 is 0. The molecule has 0 saturated carbocycles. The Kier molecular flexibility index (Phi) is 6.16. The molecule has 3 heteroatoms. The standard InChI is InChI=1S/C15H25NO2/c1-4-18-14-5-6-15(12(3)8-14)11(2)7-13(9-16)10-17/h5-6,8,11,13,17H,4,7,9-10,16H2,1-3H3. The second-order valence-corrected chi connectivity index (χ2v) is 4.87. The highest BCUT2D eigenvalue weighted by atomic mass is 16.5. The zero-order valence-corrected chi connectivity index (χ0v) is 11.6. The van der Waals surface area contributed by atoms with Crippen LogP contribution in [-0.4, -0.2) is 24.9 Å². The van der Waals surface area contributed by atoms with Crippen molar-refractivity contribution in [2.45, 2.75) is 33.1 Å². The van der Waals surface area contributed by atoms with Crippen LogP contribution in [0.25, 0.3) is 0 Å². The van der Waals surface area contributed by atoms with Crippen LogP contribution < -0.4 is 10.5 Å². The average molecular weight is 251 g/mol. The Morgan fingerprint density at radius 3 is 2.61 bits per heavy atom. The van der Waals surface area contributed by atoms with Gasteiger partial charge < -0.3 is 15.6 Å². The van der Waals surface area contributed by atoms with Gasteiger partial charge >= 0.3 is 0 Å². The molecule has 18 heavy (non-hydrogen) atoms. The quantitative estimate of drug-likeness (QED) is 0.782. The van der Waals surface area contributed by atoms with Gasteiger partial charge in [-0.05, 0) is 61.9 Å². The van der Waals surface area contributed by atoms with Crippen molar-refractivity contribution in [1.82, 2.24) is 0 Å². The Balaban J connectivity index is 2.76. The van der Waals surface area contributed by atoms with Gasteiger partial charge in [-0.25, -0.2) is 0 Å². The maximum absolute atomic E-state index is 9.21. The van der Waals surface area contributed by atoms with Gasteiger partial charge in [0.15, 0.2) is 0 Å². The van der Waals surface area contributed by atoms with E-state index in [1.54, 1.807) is 0 Å². The highest BCUT2D eigenvalue weighted by Gasteiger charge is 2.14. The number of hydrogen-bond acceptors (Lipinski definition) is 3. The molecule has 0 heterocycles. The van der Waals surface area contributed by atoms with Crippen molar-refractivity contribution in [3.8, 4) is 5.75 Å². The third-order valence-corrected chi connectivity index (χ3v) is 3.36. The Morgan fingerprint density at radius 2 is 2.11 bits per heavy atom. The molecule has 2 unspecified atom stereocenters. The SMILES string of the molecule is CCOc1ccc(C(C)CC(CN)CO)c(C)c1. The lowest BCUT2D eigenvalue weighted by Gasteiger charge is -2.20. The highest BCUT2D eigenvalue weighted by molar-refractivity contribution is 5.36. The number of benzene rings is 1. The van der Waals surface area contributed by atoms with Gasteiger partial charge in [0.2, 0.25) is 0 Å². The molecule has 0 fully saturated rings. The molecular formula is C15H25NO2. The summed E-state index contributed by atoms with van der Waals surface area (Å²) in [4.78, 5) is 0. The fourth-order valence-corrected chi connectivity index (χ4v) is 2.33. The predicted octanol–water partition coefficient (Wildman–Crippen LogP) is 2.45. The van der Waals surface area contributed by atoms with Gasteiger partial charge in [0, 0.05) is 6.61 Å². The molecular weight excluding hydrogens is 226 g/mol. The van der Waals surface area contributed by atoms with Crippen LogP contribution in [0, 0.1) is 12.8 Å². The van der Waals surface area contributed by atoms with Crippen LogP contribution in [0.3, 0.4) is 0 Å². The minimum atomic E-state index is 0.164. The van der Waals surface area contributed by atoms with Crippen LogP contribution in [0.15, 0.2) is 18.2 Å². The molecule has 1 aromatic rings. The van der Waals surface area contributed by atoms with E-state index in [0.717, 1.165) is 12.2 Å². The van der Waals surface area contributed by atoms with Crippen molar-refractivity contribution >= 4 is 0 Å². The van der Waals surface area contributed by atoms with Gasteiger partial charge in [0.1, 0.15) is 5.75 Å². The maximum atomic E-state index is 9.21. The van der Waals surface area contributed by atoms with E-state index >= 15 is 0 Å². The zero-order chi connectivity index (χ0) is 13.5. The van der Waals surface area contributed by atoms with Crippen molar-refractivity contribution in [1.29, 1.82) is 0 Å². The Labute approximate surface area is 110 Å². The third-order valence-electron chi connectivity index (χ3n) is 3.36. The van der Waals surface area contributed by atoms with Crippen molar-refractivity contribution in [2.75, 3.05) is 19.8 Å². The lowest BCUT2D eigenvalue weighted by atomic mass is 9.88. The van der Waals surface area contributed by atoms with Crippen LogP contribution in [0.4, 0.5) is 0 Å². The first-order chi connectivity index (χ1) is 8.62. The smallest absolute Gasteiger partial charge is 0.119 e. The second-order valence-electron chi connectivity index (χ2n) is 4.87. The zero-order valence-electron chi connectivity index (χ0n) is 11.6. The van der Waals surface area contributed by atoms with E-state index in [1.807, 2.05) is 13.0 Å². The summed E-state index contributed by atoms with van der Waals surface area (Å²) in [7, 11) is 0. The van der Waals surface area contributed by atoms with Crippen LogP contribution in [-0.2, 0) is 0 Å². The number of aliphatic hydroxyl groups is 1. The van der Waals surface area contributed by atoms with Gasteiger partial charge in [-0.15, -0.1) is 0 Å². The van der Waals surface area contributed by atoms with E-state index in [4.69, 9.17) is 10.5 Å². The fraction of sp³-hybridized carbons (Fsp3) is 0.600. The minimum Gasteiger partial charge on any atom is -0.494 e. The monoisotopic (exact) mass is 251 g/mol. The van der Waals surface area contributed by atoms with E-state index in [1.165, 1.54) is 11.1 Å². The number of ether oxygens (including phenoxy) is 1. The van der Waals surface area contributed by atoms with Crippen LogP contribution in [0.1, 0.15) is 37.3 Å². The number of rotatable bonds is 7. The van der Waals surface area contributed by atoms with Gasteiger partial charge in [-0.2, -0.15) is 0 Å². The molecule has 0 saturated heterocycles. The molecule has 0 radical (unpaired) electrons. The predicted molar refractivity (Wildman–Crippen MR) is 75.0 cm³/mol. The maximum Gasteiger partial charge on any atom is 0.119 e. The summed E-state index contributed by atoms with van der Waals surface area (Å²) < 4.78 is 5.48. The molecule has 1 aromatic carbocycles. The first-order valence-electron chi connectivity index (χ1n) is 6.66. The number of nitrogens with two attached hydrogens (primary N) is 1. The molecule has 3 N–H and O–H groups in total. The highest BCUT2D eigenvalue weighted by Crippen LogP contribution is 2.28. The fourth-order valence-electron chi connectivity index (χ4n) is 2.33. The molecule has 0 aromatic heterocycles. The summed E-state index contributed by atoms with van der Waals surface area (Å²) in [5.74, 6) is 1.51. The lowest BCUT2D eigenvalue weighted by molar-refractivity contribution is 0.217. The van der Waals surface area contributed by atoms with Crippen LogP contribution in [0.5, 0.6) is 5.75 Å². The lowest BCUT2D eigenvalue weighted by Crippen LogP contribution is -2.20. The molecule has 2 atom stereocenters. The first-order valence-corrected chi connectivity index (χ1v) is 6.66. The van der Waals surface area contributed by atoms with E-state index in [0.29, 0.717) is 19.1 Å². The van der Waals surface area contributed by atoms with Gasteiger partial charge in [0.25, 0.3) is 0 Å². The van der Waals surface area contributed by atoms with E-state index in [-0.39, 0.29) is 12.5 Å². The largest absolute Gasteiger partial charge is 0.494 e. The summed E-state index contributed by atoms with van der Waals surface area (Å²) in [6.45, 7) is 7.66. The molecule has 0 aliphatic carbocycles. The molecule has 1 rings (SSSR count). The van der Waals surface area contributed by atoms with Crippen molar-refractivity contribution in [3.63, 3.8) is 0 Å². The van der Waals surface area contributed by atoms with Crippen molar-refractivity contribution in [3.05, 3.63) is 29.3 Å².